The highest BCUT2D eigenvalue weighted by Crippen LogP contribution is 2.28. The molecule has 0 aromatic heterocycles. The second-order valence-corrected chi connectivity index (χ2v) is 8.49. The van der Waals surface area contributed by atoms with E-state index in [1.54, 1.807) is 0 Å². The predicted molar refractivity (Wildman–Crippen MR) is 104 cm³/mol. The zero-order valence-corrected chi connectivity index (χ0v) is 16.0. The summed E-state index contributed by atoms with van der Waals surface area (Å²) in [5.41, 5.74) is 1.69. The molecule has 0 saturated carbocycles. The van der Waals surface area contributed by atoms with Crippen molar-refractivity contribution < 1.29 is 13.2 Å². The van der Waals surface area contributed by atoms with Crippen LogP contribution in [0.2, 0.25) is 5.02 Å². The Balaban J connectivity index is 1.74. The smallest absolute Gasteiger partial charge is 0.215 e. The van der Waals surface area contributed by atoms with Crippen molar-refractivity contribution in [2.75, 3.05) is 32.8 Å². The first kappa shape index (κ1) is 19.3. The number of morpholine rings is 1. The first-order chi connectivity index (χ1) is 12.6. The lowest BCUT2D eigenvalue weighted by Gasteiger charge is -2.35. The van der Waals surface area contributed by atoms with Crippen molar-refractivity contribution in [1.29, 1.82) is 0 Å². The largest absolute Gasteiger partial charge is 0.379 e. The van der Waals surface area contributed by atoms with Gasteiger partial charge < -0.3 is 4.74 Å². The second-order valence-electron chi connectivity index (χ2n) is 6.28. The lowest BCUT2D eigenvalue weighted by Crippen LogP contribution is -2.44. The van der Waals surface area contributed by atoms with Crippen molar-refractivity contribution in [2.45, 2.75) is 11.8 Å². The monoisotopic (exact) mass is 394 g/mol. The molecule has 1 heterocycles. The summed E-state index contributed by atoms with van der Waals surface area (Å²) in [7, 11) is -3.44. The summed E-state index contributed by atoms with van der Waals surface area (Å²) in [6, 6.07) is 16.6. The van der Waals surface area contributed by atoms with Gasteiger partial charge in [-0.25, -0.2) is 13.1 Å². The Hall–Kier alpha value is -1.44. The Kier molecular flexibility index (Phi) is 6.67. The molecule has 0 bridgehead atoms. The lowest BCUT2D eigenvalue weighted by molar-refractivity contribution is 0.0172. The first-order valence-electron chi connectivity index (χ1n) is 8.63. The minimum atomic E-state index is -3.44. The average Bonchev–Trinajstić information content (AvgIpc) is 2.64. The molecule has 5 nitrogen and oxygen atoms in total. The van der Waals surface area contributed by atoms with Crippen LogP contribution in [-0.4, -0.2) is 46.2 Å². The molecular weight excluding hydrogens is 372 g/mol. The molecule has 0 amide bonds. The topological polar surface area (TPSA) is 58.6 Å². The highest BCUT2D eigenvalue weighted by Gasteiger charge is 2.26. The molecule has 1 saturated heterocycles. The molecular formula is C19H23ClN2O3S. The van der Waals surface area contributed by atoms with Gasteiger partial charge in [-0.3, -0.25) is 4.90 Å². The van der Waals surface area contributed by atoms with E-state index in [2.05, 4.69) is 9.62 Å². The number of ether oxygens (including phenoxy) is 1. The van der Waals surface area contributed by atoms with Crippen molar-refractivity contribution in [3.63, 3.8) is 0 Å². The highest BCUT2D eigenvalue weighted by molar-refractivity contribution is 7.88. The molecule has 140 valence electrons. The van der Waals surface area contributed by atoms with E-state index >= 15 is 0 Å². The molecule has 26 heavy (non-hydrogen) atoms. The maximum absolute atomic E-state index is 12.5. The summed E-state index contributed by atoms with van der Waals surface area (Å²) in [4.78, 5) is 2.22. The van der Waals surface area contributed by atoms with Gasteiger partial charge in [-0.2, -0.15) is 0 Å². The van der Waals surface area contributed by atoms with E-state index in [0.29, 0.717) is 18.2 Å². The third-order valence-electron chi connectivity index (χ3n) is 4.45. The quantitative estimate of drug-likeness (QED) is 0.784. The summed E-state index contributed by atoms with van der Waals surface area (Å²) in [6.45, 7) is 3.04. The second kappa shape index (κ2) is 8.97. The Labute approximate surface area is 160 Å². The normalized spacial score (nSPS) is 17.1. The van der Waals surface area contributed by atoms with Crippen LogP contribution < -0.4 is 4.72 Å². The van der Waals surface area contributed by atoms with Gasteiger partial charge in [-0.1, -0.05) is 60.1 Å². The molecule has 1 fully saturated rings. The fourth-order valence-electron chi connectivity index (χ4n) is 3.12. The molecule has 0 radical (unpaired) electrons. The number of hydrogen-bond donors (Lipinski definition) is 1. The summed E-state index contributed by atoms with van der Waals surface area (Å²) in [5.74, 6) is -0.0355. The number of hydrogen-bond acceptors (Lipinski definition) is 4. The summed E-state index contributed by atoms with van der Waals surface area (Å²) < 4.78 is 33.2. The van der Waals surface area contributed by atoms with Gasteiger partial charge in [0.1, 0.15) is 0 Å². The molecule has 0 aliphatic carbocycles. The van der Waals surface area contributed by atoms with Gasteiger partial charge in [0.05, 0.1) is 19.0 Å². The van der Waals surface area contributed by atoms with Crippen molar-refractivity contribution in [3.8, 4) is 0 Å². The van der Waals surface area contributed by atoms with Gasteiger partial charge in [0.15, 0.2) is 0 Å². The average molecular weight is 395 g/mol. The van der Waals surface area contributed by atoms with Crippen molar-refractivity contribution in [3.05, 3.63) is 70.7 Å². The number of sulfonamides is 1. The molecule has 2 aromatic carbocycles. The Bertz CT molecular complexity index is 809. The Morgan fingerprint density at radius 2 is 1.69 bits per heavy atom. The number of nitrogens with zero attached hydrogens (tertiary/aromatic N) is 1. The predicted octanol–water partition coefficient (Wildman–Crippen LogP) is 2.83. The van der Waals surface area contributed by atoms with E-state index in [4.69, 9.17) is 16.3 Å². The SMILES string of the molecule is O=S(=O)(Cc1ccccc1)NCC(c1ccccc1Cl)N1CCOCC1. The minimum absolute atomic E-state index is 0.0355. The summed E-state index contributed by atoms with van der Waals surface area (Å²) >= 11 is 6.38. The van der Waals surface area contributed by atoms with Crippen LogP contribution >= 0.6 is 11.6 Å². The van der Waals surface area contributed by atoms with Crippen molar-refractivity contribution in [1.82, 2.24) is 9.62 Å². The number of rotatable bonds is 7. The van der Waals surface area contributed by atoms with E-state index in [-0.39, 0.29) is 18.3 Å². The summed E-state index contributed by atoms with van der Waals surface area (Å²) in [6.07, 6.45) is 0. The fourth-order valence-corrected chi connectivity index (χ4v) is 4.53. The molecule has 1 N–H and O–H groups in total. The van der Waals surface area contributed by atoms with Crippen LogP contribution in [0.1, 0.15) is 17.2 Å². The third kappa shape index (κ3) is 5.28. The summed E-state index contributed by atoms with van der Waals surface area (Å²) in [5, 5.41) is 0.645. The zero-order chi connectivity index (χ0) is 18.4. The Morgan fingerprint density at radius 1 is 1.04 bits per heavy atom. The van der Waals surface area contributed by atoms with Crippen molar-refractivity contribution in [2.24, 2.45) is 0 Å². The van der Waals surface area contributed by atoms with Crippen LogP contribution in [0.3, 0.4) is 0 Å². The van der Waals surface area contributed by atoms with E-state index in [0.717, 1.165) is 24.2 Å². The molecule has 1 unspecified atom stereocenters. The van der Waals surface area contributed by atoms with Gasteiger partial charge in [0.25, 0.3) is 0 Å². The van der Waals surface area contributed by atoms with Crippen LogP contribution in [-0.2, 0) is 20.5 Å². The van der Waals surface area contributed by atoms with Gasteiger partial charge in [-0.15, -0.1) is 0 Å². The standard InChI is InChI=1S/C19H23ClN2O3S/c20-18-9-5-4-8-17(18)19(22-10-12-25-13-11-22)14-21-26(23,24)15-16-6-2-1-3-7-16/h1-9,19,21H,10-15H2. The minimum Gasteiger partial charge on any atom is -0.379 e. The molecule has 1 aliphatic heterocycles. The molecule has 0 spiro atoms. The van der Waals surface area contributed by atoms with E-state index < -0.39 is 10.0 Å². The van der Waals surface area contributed by atoms with E-state index in [1.807, 2.05) is 54.6 Å². The maximum atomic E-state index is 12.5. The van der Waals surface area contributed by atoms with E-state index in [9.17, 15) is 8.42 Å². The molecule has 1 atom stereocenters. The van der Waals surface area contributed by atoms with Gasteiger partial charge in [-0.05, 0) is 17.2 Å². The maximum Gasteiger partial charge on any atom is 0.215 e. The number of halogens is 1. The van der Waals surface area contributed by atoms with Crippen LogP contribution in [0.4, 0.5) is 0 Å². The van der Waals surface area contributed by atoms with E-state index in [1.165, 1.54) is 0 Å². The van der Waals surface area contributed by atoms with Crippen LogP contribution in [0.5, 0.6) is 0 Å². The van der Waals surface area contributed by atoms with Gasteiger partial charge in [0, 0.05) is 30.7 Å². The number of benzene rings is 2. The van der Waals surface area contributed by atoms with Crippen molar-refractivity contribution >= 4 is 21.6 Å². The number of nitrogens with one attached hydrogen (secondary N) is 1. The molecule has 3 rings (SSSR count). The molecule has 2 aromatic rings. The van der Waals surface area contributed by atoms with Gasteiger partial charge >= 0.3 is 0 Å². The van der Waals surface area contributed by atoms with Crippen LogP contribution in [0.15, 0.2) is 54.6 Å². The highest BCUT2D eigenvalue weighted by atomic mass is 35.5. The lowest BCUT2D eigenvalue weighted by atomic mass is 10.0. The fraction of sp³-hybridized carbons (Fsp3) is 0.368. The molecule has 1 aliphatic rings. The molecule has 7 heteroatoms. The Morgan fingerprint density at radius 3 is 2.38 bits per heavy atom. The van der Waals surface area contributed by atoms with Crippen LogP contribution in [0.25, 0.3) is 0 Å². The van der Waals surface area contributed by atoms with Crippen LogP contribution in [0, 0.1) is 0 Å². The van der Waals surface area contributed by atoms with Gasteiger partial charge in [0.2, 0.25) is 10.0 Å². The first-order valence-corrected chi connectivity index (χ1v) is 10.7. The third-order valence-corrected chi connectivity index (χ3v) is 6.11. The zero-order valence-electron chi connectivity index (χ0n) is 14.5.